The number of halogens is 1. The maximum atomic E-state index is 13.1. The van der Waals surface area contributed by atoms with Crippen molar-refractivity contribution in [3.05, 3.63) is 101 Å². The SMILES string of the molecule is CC(C)(CCC(C(N)=O)(c1ccccc1)c1ccccc1)N1CC(OCc2ccc(O)c(Cl)c2)C1. The average Bonchev–Trinajstić information content (AvgIpc) is 2.82. The summed E-state index contributed by atoms with van der Waals surface area (Å²) in [6.07, 6.45) is 1.53. The van der Waals surface area contributed by atoms with Crippen LogP contribution in [0.5, 0.6) is 5.75 Å². The van der Waals surface area contributed by atoms with Crippen LogP contribution in [0.4, 0.5) is 0 Å². The van der Waals surface area contributed by atoms with E-state index >= 15 is 0 Å². The van der Waals surface area contributed by atoms with Gasteiger partial charge in [-0.25, -0.2) is 0 Å². The molecule has 0 radical (unpaired) electrons. The van der Waals surface area contributed by atoms with E-state index in [1.54, 1.807) is 12.1 Å². The molecule has 1 saturated heterocycles. The number of nitrogens with zero attached hydrogens (tertiary/aromatic N) is 1. The van der Waals surface area contributed by atoms with Gasteiger partial charge in [-0.1, -0.05) is 78.3 Å². The summed E-state index contributed by atoms with van der Waals surface area (Å²) in [5, 5.41) is 9.91. The van der Waals surface area contributed by atoms with Crippen molar-refractivity contribution < 1.29 is 14.6 Å². The lowest BCUT2D eigenvalue weighted by Crippen LogP contribution is -2.61. The third-order valence-electron chi connectivity index (χ3n) is 7.27. The van der Waals surface area contributed by atoms with Crippen LogP contribution in [0, 0.1) is 0 Å². The number of hydrogen-bond donors (Lipinski definition) is 2. The molecule has 6 heteroatoms. The van der Waals surface area contributed by atoms with Crippen molar-refractivity contribution in [1.82, 2.24) is 4.90 Å². The molecule has 5 nitrogen and oxygen atoms in total. The highest BCUT2D eigenvalue weighted by atomic mass is 35.5. The van der Waals surface area contributed by atoms with Gasteiger partial charge < -0.3 is 15.6 Å². The fourth-order valence-corrected chi connectivity index (χ4v) is 5.06. The van der Waals surface area contributed by atoms with E-state index in [1.165, 1.54) is 0 Å². The Balaban J connectivity index is 1.42. The Morgan fingerprint density at radius 1 is 1.00 bits per heavy atom. The molecule has 35 heavy (non-hydrogen) atoms. The molecule has 1 fully saturated rings. The zero-order chi connectivity index (χ0) is 25.1. The van der Waals surface area contributed by atoms with E-state index < -0.39 is 5.41 Å². The maximum Gasteiger partial charge on any atom is 0.232 e. The molecule has 3 aromatic rings. The van der Waals surface area contributed by atoms with Gasteiger partial charge in [0.15, 0.2) is 0 Å². The van der Waals surface area contributed by atoms with Crippen LogP contribution in [-0.2, 0) is 21.6 Å². The molecule has 1 aliphatic heterocycles. The zero-order valence-electron chi connectivity index (χ0n) is 20.3. The molecule has 0 unspecified atom stereocenters. The summed E-state index contributed by atoms with van der Waals surface area (Å²) in [4.78, 5) is 15.5. The van der Waals surface area contributed by atoms with Crippen LogP contribution in [0.3, 0.4) is 0 Å². The molecule has 3 N–H and O–H groups in total. The third-order valence-corrected chi connectivity index (χ3v) is 7.57. The Bertz CT molecular complexity index is 1110. The summed E-state index contributed by atoms with van der Waals surface area (Å²) in [7, 11) is 0. The number of nitrogens with two attached hydrogens (primary N) is 1. The van der Waals surface area contributed by atoms with Gasteiger partial charge in [0, 0.05) is 18.6 Å². The van der Waals surface area contributed by atoms with Crippen LogP contribution in [0.1, 0.15) is 43.4 Å². The van der Waals surface area contributed by atoms with Gasteiger partial charge in [-0.05, 0) is 55.5 Å². The van der Waals surface area contributed by atoms with Crippen LogP contribution in [0.2, 0.25) is 5.02 Å². The van der Waals surface area contributed by atoms with Gasteiger partial charge in [-0.15, -0.1) is 0 Å². The Labute approximate surface area is 212 Å². The van der Waals surface area contributed by atoms with Gasteiger partial charge in [-0.2, -0.15) is 0 Å². The highest BCUT2D eigenvalue weighted by Gasteiger charge is 2.44. The quantitative estimate of drug-likeness (QED) is 0.404. The number of hydrogen-bond acceptors (Lipinski definition) is 4. The molecule has 184 valence electrons. The normalized spacial score (nSPS) is 15.1. The smallest absolute Gasteiger partial charge is 0.232 e. The molecule has 0 spiro atoms. The molecule has 4 rings (SSSR count). The van der Waals surface area contributed by atoms with E-state index in [2.05, 4.69) is 18.7 Å². The Hall–Kier alpha value is -2.86. The van der Waals surface area contributed by atoms with E-state index in [-0.39, 0.29) is 23.3 Å². The Morgan fingerprint density at radius 2 is 1.57 bits per heavy atom. The topological polar surface area (TPSA) is 75.8 Å². The number of phenols is 1. The number of amides is 1. The maximum absolute atomic E-state index is 13.1. The molecule has 0 aliphatic carbocycles. The number of primary amides is 1. The number of benzene rings is 3. The van der Waals surface area contributed by atoms with Crippen LogP contribution < -0.4 is 5.73 Å². The number of carbonyl (C=O) groups excluding carboxylic acids is 1. The average molecular weight is 493 g/mol. The first-order valence-corrected chi connectivity index (χ1v) is 12.4. The zero-order valence-corrected chi connectivity index (χ0v) is 21.0. The Morgan fingerprint density at radius 3 is 2.09 bits per heavy atom. The second kappa shape index (κ2) is 10.4. The highest BCUT2D eigenvalue weighted by molar-refractivity contribution is 6.32. The number of ether oxygens (including phenoxy) is 1. The van der Waals surface area contributed by atoms with Crippen molar-refractivity contribution >= 4 is 17.5 Å². The van der Waals surface area contributed by atoms with Crippen molar-refractivity contribution in [2.45, 2.75) is 50.4 Å². The minimum absolute atomic E-state index is 0.0741. The lowest BCUT2D eigenvalue weighted by atomic mass is 9.69. The number of phenolic OH excluding ortho intramolecular Hbond substituents is 1. The predicted molar refractivity (Wildman–Crippen MR) is 139 cm³/mol. The summed E-state index contributed by atoms with van der Waals surface area (Å²) in [6, 6.07) is 24.9. The van der Waals surface area contributed by atoms with E-state index in [1.807, 2.05) is 66.7 Å². The van der Waals surface area contributed by atoms with Crippen molar-refractivity contribution in [3.8, 4) is 5.75 Å². The van der Waals surface area contributed by atoms with E-state index in [0.29, 0.717) is 18.1 Å². The second-order valence-corrected chi connectivity index (χ2v) is 10.3. The molecule has 0 aromatic heterocycles. The molecule has 1 amide bonds. The molecular formula is C29H33ClN2O3. The minimum atomic E-state index is -0.890. The minimum Gasteiger partial charge on any atom is -0.506 e. The summed E-state index contributed by atoms with van der Waals surface area (Å²) in [5.74, 6) is -0.256. The Kier molecular flexibility index (Phi) is 7.50. The molecule has 3 aromatic carbocycles. The lowest BCUT2D eigenvalue weighted by Gasteiger charge is -2.50. The summed E-state index contributed by atoms with van der Waals surface area (Å²) >= 11 is 6.00. The second-order valence-electron chi connectivity index (χ2n) is 9.94. The summed E-state index contributed by atoms with van der Waals surface area (Å²) < 4.78 is 6.05. The van der Waals surface area contributed by atoms with Gasteiger partial charge >= 0.3 is 0 Å². The lowest BCUT2D eigenvalue weighted by molar-refractivity contribution is -0.123. The van der Waals surface area contributed by atoms with Crippen LogP contribution >= 0.6 is 11.6 Å². The number of rotatable bonds is 10. The van der Waals surface area contributed by atoms with Crippen molar-refractivity contribution in [2.75, 3.05) is 13.1 Å². The third kappa shape index (κ3) is 5.37. The van der Waals surface area contributed by atoms with Gasteiger partial charge in [0.25, 0.3) is 0 Å². The highest BCUT2D eigenvalue weighted by Crippen LogP contribution is 2.40. The predicted octanol–water partition coefficient (Wildman–Crippen LogP) is 5.28. The van der Waals surface area contributed by atoms with E-state index in [9.17, 15) is 9.90 Å². The fourth-order valence-electron chi connectivity index (χ4n) is 4.85. The first-order chi connectivity index (χ1) is 16.7. The van der Waals surface area contributed by atoms with Crippen molar-refractivity contribution in [3.63, 3.8) is 0 Å². The molecular weight excluding hydrogens is 460 g/mol. The summed E-state index contributed by atoms with van der Waals surface area (Å²) in [5.41, 5.74) is 7.88. The van der Waals surface area contributed by atoms with Crippen molar-refractivity contribution in [2.24, 2.45) is 5.73 Å². The van der Waals surface area contributed by atoms with Gasteiger partial charge in [0.2, 0.25) is 5.91 Å². The molecule has 1 heterocycles. The van der Waals surface area contributed by atoms with Gasteiger partial charge in [0.1, 0.15) is 5.75 Å². The first-order valence-electron chi connectivity index (χ1n) is 12.0. The van der Waals surface area contributed by atoms with Crippen LogP contribution in [0.25, 0.3) is 0 Å². The number of aromatic hydroxyl groups is 1. The van der Waals surface area contributed by atoms with Crippen LogP contribution in [0.15, 0.2) is 78.9 Å². The van der Waals surface area contributed by atoms with Gasteiger partial charge in [-0.3, -0.25) is 9.69 Å². The standard InChI is InChI=1S/C29H33ClN2O3/c1-28(2,32-18-24(19-32)35-20-21-13-14-26(33)25(30)17-21)15-16-29(27(31)34,22-9-5-3-6-10-22)23-11-7-4-8-12-23/h3-14,17,24,33H,15-16,18-20H2,1-2H3,(H2,31,34). The number of likely N-dealkylation sites (tertiary alicyclic amines) is 1. The monoisotopic (exact) mass is 492 g/mol. The van der Waals surface area contributed by atoms with E-state index in [4.69, 9.17) is 22.1 Å². The molecule has 0 bridgehead atoms. The summed E-state index contributed by atoms with van der Waals surface area (Å²) in [6.45, 7) is 6.51. The van der Waals surface area contributed by atoms with Crippen molar-refractivity contribution in [1.29, 1.82) is 0 Å². The largest absolute Gasteiger partial charge is 0.506 e. The fraction of sp³-hybridized carbons (Fsp3) is 0.345. The molecule has 0 atom stereocenters. The van der Waals surface area contributed by atoms with E-state index in [0.717, 1.165) is 36.2 Å². The first kappa shape index (κ1) is 25.2. The van der Waals surface area contributed by atoms with Crippen LogP contribution in [-0.4, -0.2) is 40.6 Å². The molecule has 1 aliphatic rings. The van der Waals surface area contributed by atoms with Gasteiger partial charge in [0.05, 0.1) is 23.1 Å². The number of carbonyl (C=O) groups is 1. The molecule has 0 saturated carbocycles.